The molecule has 2 fully saturated rings. The summed E-state index contributed by atoms with van der Waals surface area (Å²) < 4.78 is 2.68. The van der Waals surface area contributed by atoms with Crippen molar-refractivity contribution < 1.29 is 19.2 Å². The minimum atomic E-state index is -1.15. The highest BCUT2D eigenvalue weighted by Crippen LogP contribution is 2.29. The van der Waals surface area contributed by atoms with Crippen LogP contribution in [0.4, 0.5) is 11.4 Å². The molecule has 2 saturated heterocycles. The highest BCUT2D eigenvalue weighted by atomic mass is 16.2. The van der Waals surface area contributed by atoms with Crippen molar-refractivity contribution in [1.82, 2.24) is 29.7 Å². The maximum atomic E-state index is 12.9. The third-order valence-electron chi connectivity index (χ3n) is 8.34. The predicted molar refractivity (Wildman–Crippen MR) is 162 cm³/mol. The van der Waals surface area contributed by atoms with Crippen molar-refractivity contribution in [2.24, 2.45) is 0 Å². The van der Waals surface area contributed by atoms with Gasteiger partial charge in [0.25, 0.3) is 22.9 Å². The molecule has 0 radical (unpaired) electrons. The Balaban J connectivity index is 0.000000175. The molecule has 6 rings (SSSR count). The van der Waals surface area contributed by atoms with Crippen LogP contribution in [0.5, 0.6) is 0 Å². The summed E-state index contributed by atoms with van der Waals surface area (Å²) in [5.41, 5.74) is 10.4. The smallest absolute Gasteiger partial charge is 0.264 e. The molecule has 0 spiro atoms. The van der Waals surface area contributed by atoms with Crippen molar-refractivity contribution in [2.75, 3.05) is 11.5 Å². The number of nitrogens with one attached hydrogen (secondary N) is 2. The first-order valence-corrected chi connectivity index (χ1v) is 13.9. The number of nitrogen functional groups attached to an aromatic ring is 2. The molecule has 4 heterocycles. The van der Waals surface area contributed by atoms with Gasteiger partial charge in [0.2, 0.25) is 11.8 Å². The van der Waals surface area contributed by atoms with Crippen LogP contribution < -0.4 is 33.2 Å². The minimum Gasteiger partial charge on any atom is -0.398 e. The first-order valence-electron chi connectivity index (χ1n) is 13.9. The number of carbonyl (C=O) groups excluding carboxylic acids is 4. The van der Waals surface area contributed by atoms with Crippen LogP contribution >= 0.6 is 0 Å². The lowest BCUT2D eigenvalue weighted by molar-refractivity contribution is -0.141. The summed E-state index contributed by atoms with van der Waals surface area (Å²) in [5.74, 6) is -0.831. The van der Waals surface area contributed by atoms with E-state index in [1.165, 1.54) is 9.13 Å². The molecular formula is C30H32N8O6. The Morgan fingerprint density at radius 2 is 1.02 bits per heavy atom. The second kappa shape index (κ2) is 10.7. The third-order valence-corrected chi connectivity index (χ3v) is 8.34. The average molecular weight is 601 g/mol. The predicted octanol–water partition coefficient (Wildman–Crippen LogP) is 0.878. The van der Waals surface area contributed by atoms with E-state index in [0.29, 0.717) is 44.8 Å². The van der Waals surface area contributed by atoms with Gasteiger partial charge >= 0.3 is 0 Å². The number of imide groups is 2. The number of amides is 4. The Hall–Kier alpha value is -5.40. The van der Waals surface area contributed by atoms with Gasteiger partial charge in [0.1, 0.15) is 22.7 Å². The number of rotatable bonds is 2. The zero-order valence-corrected chi connectivity index (χ0v) is 24.7. The molecule has 0 bridgehead atoms. The van der Waals surface area contributed by atoms with E-state index in [-0.39, 0.29) is 48.6 Å². The summed E-state index contributed by atoms with van der Waals surface area (Å²) in [6.07, 6.45) is 0.851. The summed E-state index contributed by atoms with van der Waals surface area (Å²) >= 11 is 0. The standard InChI is InChI=1S/2C15H16N4O3/c2*1-8-17-10-5-3-4-9(16)12(10)13(21)19(8)15(2)7-6-11(20)18-14(15)22/h2*3-5H,6-7,16H2,1-2H3,(H,18,20,22)/t2*15-/m10/s1. The van der Waals surface area contributed by atoms with Crippen LogP contribution in [0.1, 0.15) is 51.2 Å². The van der Waals surface area contributed by atoms with E-state index < -0.39 is 22.9 Å². The average Bonchev–Trinajstić information content (AvgIpc) is 2.93. The molecule has 4 amide bonds. The molecule has 0 unspecified atom stereocenters. The molecule has 0 saturated carbocycles. The summed E-state index contributed by atoms with van der Waals surface area (Å²) in [7, 11) is 0. The Kier molecular flexibility index (Phi) is 7.31. The SMILES string of the molecule is Cc1nc2cccc(N)c2c(=O)n1[C@@]1(C)CCC(=O)NC1=O.Cc1nc2cccc(N)c2c(=O)n1[C@]1(C)CCC(=O)NC1=O. The van der Waals surface area contributed by atoms with E-state index in [1.54, 1.807) is 64.1 Å². The first-order chi connectivity index (χ1) is 20.7. The van der Waals surface area contributed by atoms with Crippen LogP contribution in [0.25, 0.3) is 21.8 Å². The summed E-state index contributed by atoms with van der Waals surface area (Å²) in [6.45, 7) is 6.60. The molecule has 4 aromatic rings. The van der Waals surface area contributed by atoms with Gasteiger partial charge in [0, 0.05) is 24.2 Å². The number of aromatic nitrogens is 4. The highest BCUT2D eigenvalue weighted by molar-refractivity contribution is 6.02. The number of aryl methyl sites for hydroxylation is 2. The fourth-order valence-electron chi connectivity index (χ4n) is 5.91. The lowest BCUT2D eigenvalue weighted by atomic mass is 9.90. The van der Waals surface area contributed by atoms with Crippen molar-refractivity contribution in [3.63, 3.8) is 0 Å². The van der Waals surface area contributed by atoms with Crippen molar-refractivity contribution in [3.8, 4) is 0 Å². The van der Waals surface area contributed by atoms with E-state index in [0.717, 1.165) is 0 Å². The number of anilines is 2. The van der Waals surface area contributed by atoms with Crippen LogP contribution in [-0.2, 0) is 30.3 Å². The fourth-order valence-corrected chi connectivity index (χ4v) is 5.91. The van der Waals surface area contributed by atoms with Gasteiger partial charge in [-0.15, -0.1) is 0 Å². The van der Waals surface area contributed by atoms with Crippen LogP contribution in [0.3, 0.4) is 0 Å². The van der Waals surface area contributed by atoms with E-state index >= 15 is 0 Å². The Labute approximate surface area is 250 Å². The molecule has 2 atom stereocenters. The van der Waals surface area contributed by atoms with E-state index in [9.17, 15) is 28.8 Å². The summed E-state index contributed by atoms with van der Waals surface area (Å²) in [5, 5.41) is 5.16. The summed E-state index contributed by atoms with van der Waals surface area (Å²) in [6, 6.07) is 10.1. The Morgan fingerprint density at radius 1 is 0.659 bits per heavy atom. The third kappa shape index (κ3) is 4.77. The molecule has 14 heteroatoms. The summed E-state index contributed by atoms with van der Waals surface area (Å²) in [4.78, 5) is 81.9. The van der Waals surface area contributed by atoms with Crippen LogP contribution in [-0.4, -0.2) is 42.7 Å². The van der Waals surface area contributed by atoms with Crippen molar-refractivity contribution in [3.05, 3.63) is 68.8 Å². The maximum Gasteiger partial charge on any atom is 0.264 e. The highest BCUT2D eigenvalue weighted by Gasteiger charge is 2.43. The maximum absolute atomic E-state index is 12.9. The van der Waals surface area contributed by atoms with Crippen LogP contribution in [0, 0.1) is 13.8 Å². The number of benzene rings is 2. The molecule has 2 aromatic heterocycles. The van der Waals surface area contributed by atoms with E-state index in [4.69, 9.17) is 11.5 Å². The van der Waals surface area contributed by atoms with Gasteiger partial charge in [-0.3, -0.25) is 48.5 Å². The number of fused-ring (bicyclic) bond motifs is 2. The molecule has 2 aliphatic rings. The molecule has 0 aliphatic carbocycles. The zero-order chi connectivity index (χ0) is 32.1. The number of hydrogen-bond acceptors (Lipinski definition) is 10. The first kappa shape index (κ1) is 30.1. The monoisotopic (exact) mass is 600 g/mol. The van der Waals surface area contributed by atoms with Gasteiger partial charge < -0.3 is 11.5 Å². The van der Waals surface area contributed by atoms with Gasteiger partial charge in [-0.25, -0.2) is 9.97 Å². The van der Waals surface area contributed by atoms with Crippen molar-refractivity contribution in [2.45, 2.75) is 64.5 Å². The fraction of sp³-hybridized carbons (Fsp3) is 0.333. The van der Waals surface area contributed by atoms with Gasteiger partial charge in [0.05, 0.1) is 21.8 Å². The van der Waals surface area contributed by atoms with E-state index in [2.05, 4.69) is 20.6 Å². The second-order valence-electron chi connectivity index (χ2n) is 11.4. The second-order valence-corrected chi connectivity index (χ2v) is 11.4. The molecule has 44 heavy (non-hydrogen) atoms. The Morgan fingerprint density at radius 3 is 1.36 bits per heavy atom. The number of carbonyl (C=O) groups is 4. The molecule has 2 aromatic carbocycles. The topological polar surface area (TPSA) is 214 Å². The van der Waals surface area contributed by atoms with Gasteiger partial charge in [-0.05, 0) is 64.8 Å². The molecule has 14 nitrogen and oxygen atoms in total. The number of nitrogens with two attached hydrogens (primary N) is 2. The normalized spacial score (nSPS) is 21.9. The van der Waals surface area contributed by atoms with Crippen molar-refractivity contribution in [1.29, 1.82) is 0 Å². The van der Waals surface area contributed by atoms with Crippen molar-refractivity contribution >= 4 is 56.8 Å². The van der Waals surface area contributed by atoms with Crippen LogP contribution in [0.15, 0.2) is 46.0 Å². The van der Waals surface area contributed by atoms with Gasteiger partial charge in [-0.1, -0.05) is 12.1 Å². The lowest BCUT2D eigenvalue weighted by Crippen LogP contribution is -2.56. The zero-order valence-electron chi connectivity index (χ0n) is 24.7. The Bertz CT molecular complexity index is 1890. The molecule has 2 aliphatic heterocycles. The molecule has 6 N–H and O–H groups in total. The van der Waals surface area contributed by atoms with E-state index in [1.807, 2.05) is 0 Å². The quantitative estimate of drug-likeness (QED) is 0.188. The molecular weight excluding hydrogens is 568 g/mol. The van der Waals surface area contributed by atoms with Gasteiger partial charge in [0.15, 0.2) is 0 Å². The largest absolute Gasteiger partial charge is 0.398 e. The number of hydrogen-bond donors (Lipinski definition) is 4. The van der Waals surface area contributed by atoms with Crippen LogP contribution in [0.2, 0.25) is 0 Å². The number of piperidine rings is 2. The van der Waals surface area contributed by atoms with Gasteiger partial charge in [-0.2, -0.15) is 0 Å². The minimum absolute atomic E-state index is 0.177. The lowest BCUT2D eigenvalue weighted by Gasteiger charge is -2.34. The number of nitrogens with zero attached hydrogens (tertiary/aromatic N) is 4. The molecule has 228 valence electrons.